The smallest absolute Gasteiger partial charge is 0.328 e. The molecular formula is C14H17N5O6. The maximum Gasteiger partial charge on any atom is 0.328 e. The van der Waals surface area contributed by atoms with Crippen molar-refractivity contribution in [2.45, 2.75) is 31.1 Å². The van der Waals surface area contributed by atoms with Crippen LogP contribution < -0.4 is 0 Å². The zero-order valence-corrected chi connectivity index (χ0v) is 13.6. The van der Waals surface area contributed by atoms with Gasteiger partial charge >= 0.3 is 12.1 Å². The Bertz CT molecular complexity index is 641. The fourth-order valence-electron chi connectivity index (χ4n) is 4.68. The molecule has 5 fully saturated rings. The van der Waals surface area contributed by atoms with Gasteiger partial charge in [0.15, 0.2) is 0 Å². The minimum absolute atomic E-state index is 0.157. The predicted molar refractivity (Wildman–Crippen MR) is 76.9 cm³/mol. The first-order valence-electron chi connectivity index (χ1n) is 8.25. The second kappa shape index (κ2) is 4.41. The van der Waals surface area contributed by atoms with E-state index in [9.17, 15) is 19.2 Å². The van der Waals surface area contributed by atoms with Gasteiger partial charge in [-0.15, -0.1) is 0 Å². The summed E-state index contributed by atoms with van der Waals surface area (Å²) >= 11 is 0. The topological polar surface area (TPSA) is 103 Å². The molecule has 25 heavy (non-hydrogen) atoms. The quantitative estimate of drug-likeness (QED) is 0.599. The van der Waals surface area contributed by atoms with Gasteiger partial charge in [0.1, 0.15) is 26.9 Å². The molecule has 5 aliphatic rings. The second-order valence-corrected chi connectivity index (χ2v) is 6.66. The molecule has 0 saturated carbocycles. The van der Waals surface area contributed by atoms with Gasteiger partial charge in [0.2, 0.25) is 0 Å². The number of nitrogens with zero attached hydrogens (tertiary/aromatic N) is 5. The van der Waals surface area contributed by atoms with Crippen LogP contribution in [-0.2, 0) is 19.1 Å². The summed E-state index contributed by atoms with van der Waals surface area (Å²) in [6.07, 6.45) is 1.46. The van der Waals surface area contributed by atoms with Crippen molar-refractivity contribution in [2.24, 2.45) is 0 Å². The standard InChI is InChI=1S/C14H17N5O6/c1-2-3-4-15-9(20)13-14(10(15)21)18-7-25-8-19(14)12(23)17(13)6-24-5-16(13)11(18)22/h2-8H2,1H3. The van der Waals surface area contributed by atoms with Gasteiger partial charge in [-0.05, 0) is 6.42 Å². The highest BCUT2D eigenvalue weighted by atomic mass is 16.5. The summed E-state index contributed by atoms with van der Waals surface area (Å²) in [4.78, 5) is 58.5. The molecule has 0 aromatic heterocycles. The highest BCUT2D eigenvalue weighted by Gasteiger charge is 2.91. The SMILES string of the molecule is CCCCN1C(=O)C23N4COCN2C(=O)N2COCN(C4=O)C23C1=O. The Balaban J connectivity index is 1.77. The van der Waals surface area contributed by atoms with Gasteiger partial charge in [-0.1, -0.05) is 13.3 Å². The molecular weight excluding hydrogens is 334 g/mol. The van der Waals surface area contributed by atoms with Gasteiger partial charge < -0.3 is 9.47 Å². The number of imide groups is 1. The molecule has 11 nitrogen and oxygen atoms in total. The first-order chi connectivity index (χ1) is 12.0. The molecule has 0 N–H and O–H groups in total. The van der Waals surface area contributed by atoms with E-state index < -0.39 is 35.2 Å². The Morgan fingerprint density at radius 1 is 0.800 bits per heavy atom. The lowest BCUT2D eigenvalue weighted by molar-refractivity contribution is -0.190. The average molecular weight is 351 g/mol. The third-order valence-electron chi connectivity index (χ3n) is 5.68. The van der Waals surface area contributed by atoms with Crippen LogP contribution in [0.1, 0.15) is 19.8 Å². The van der Waals surface area contributed by atoms with Crippen LogP contribution in [0.5, 0.6) is 0 Å². The molecule has 11 heteroatoms. The fourth-order valence-corrected chi connectivity index (χ4v) is 4.68. The van der Waals surface area contributed by atoms with Crippen LogP contribution in [0.2, 0.25) is 0 Å². The summed E-state index contributed by atoms with van der Waals surface area (Å²) in [5, 5.41) is 0. The molecule has 0 aliphatic carbocycles. The zero-order valence-electron chi connectivity index (χ0n) is 13.6. The maximum absolute atomic E-state index is 13.4. The van der Waals surface area contributed by atoms with Gasteiger partial charge in [0.25, 0.3) is 23.1 Å². The largest absolute Gasteiger partial charge is 0.340 e. The summed E-state index contributed by atoms with van der Waals surface area (Å²) in [5.74, 6) is -1.08. The van der Waals surface area contributed by atoms with Crippen LogP contribution >= 0.6 is 0 Å². The van der Waals surface area contributed by atoms with Gasteiger partial charge in [-0.3, -0.25) is 34.1 Å². The van der Waals surface area contributed by atoms with Gasteiger partial charge in [0, 0.05) is 6.54 Å². The molecule has 0 bridgehead atoms. The van der Waals surface area contributed by atoms with E-state index in [-0.39, 0.29) is 33.5 Å². The lowest BCUT2D eigenvalue weighted by Gasteiger charge is -2.43. The van der Waals surface area contributed by atoms with Crippen molar-refractivity contribution in [3.8, 4) is 0 Å². The van der Waals surface area contributed by atoms with Gasteiger partial charge in [-0.25, -0.2) is 9.59 Å². The number of ether oxygens (including phenoxy) is 2. The monoisotopic (exact) mass is 351 g/mol. The number of carbonyl (C=O) groups is 4. The number of hydrogen-bond acceptors (Lipinski definition) is 6. The Labute approximate surface area is 142 Å². The molecule has 6 amide bonds. The van der Waals surface area contributed by atoms with E-state index in [4.69, 9.17) is 9.47 Å². The van der Waals surface area contributed by atoms with Crippen LogP contribution in [0.25, 0.3) is 0 Å². The summed E-state index contributed by atoms with van der Waals surface area (Å²) < 4.78 is 10.7. The number of unbranched alkanes of at least 4 members (excludes halogenated alkanes) is 1. The fraction of sp³-hybridized carbons (Fsp3) is 0.714. The molecule has 2 spiro atoms. The molecule has 0 radical (unpaired) electrons. The zero-order chi connectivity index (χ0) is 17.6. The Morgan fingerprint density at radius 2 is 1.20 bits per heavy atom. The molecule has 0 aromatic rings. The van der Waals surface area contributed by atoms with E-state index in [0.717, 1.165) is 6.42 Å². The summed E-state index contributed by atoms with van der Waals surface area (Å²) in [6, 6.07) is -1.09. The minimum Gasteiger partial charge on any atom is -0.340 e. The average Bonchev–Trinajstić information content (AvgIpc) is 3.08. The van der Waals surface area contributed by atoms with Crippen molar-refractivity contribution >= 4 is 23.9 Å². The highest BCUT2D eigenvalue weighted by Crippen LogP contribution is 2.58. The first kappa shape index (κ1) is 14.9. The Kier molecular flexibility index (Phi) is 2.63. The third-order valence-corrected chi connectivity index (χ3v) is 5.68. The van der Waals surface area contributed by atoms with E-state index >= 15 is 0 Å². The first-order valence-corrected chi connectivity index (χ1v) is 8.25. The van der Waals surface area contributed by atoms with Crippen LogP contribution in [-0.4, -0.2) is 93.2 Å². The van der Waals surface area contributed by atoms with E-state index in [2.05, 4.69) is 0 Å². The minimum atomic E-state index is -1.70. The summed E-state index contributed by atoms with van der Waals surface area (Å²) in [5.41, 5.74) is -3.40. The molecule has 5 rings (SSSR count). The third kappa shape index (κ3) is 1.22. The van der Waals surface area contributed by atoms with Crippen molar-refractivity contribution < 1.29 is 28.7 Å². The van der Waals surface area contributed by atoms with Crippen molar-refractivity contribution in [2.75, 3.05) is 33.5 Å². The summed E-state index contributed by atoms with van der Waals surface area (Å²) in [6.45, 7) is 1.59. The van der Waals surface area contributed by atoms with E-state index in [1.807, 2.05) is 6.92 Å². The molecule has 5 aliphatic heterocycles. The molecule has 5 saturated heterocycles. The Hall–Kier alpha value is -2.40. The summed E-state index contributed by atoms with van der Waals surface area (Å²) in [7, 11) is 0. The molecule has 5 heterocycles. The number of rotatable bonds is 3. The van der Waals surface area contributed by atoms with Gasteiger partial charge in [-0.2, -0.15) is 0 Å². The number of hydrogen-bond donors (Lipinski definition) is 0. The predicted octanol–water partition coefficient (Wildman–Crippen LogP) is -1.09. The molecule has 0 atom stereocenters. The normalized spacial score (nSPS) is 36.0. The van der Waals surface area contributed by atoms with Crippen LogP contribution in [0, 0.1) is 0 Å². The van der Waals surface area contributed by atoms with Crippen LogP contribution in [0.3, 0.4) is 0 Å². The number of likely N-dealkylation sites (tertiary alicyclic amines) is 1. The lowest BCUT2D eigenvalue weighted by atomic mass is 9.94. The van der Waals surface area contributed by atoms with E-state index in [1.165, 1.54) is 24.5 Å². The molecule has 0 unspecified atom stereocenters. The van der Waals surface area contributed by atoms with Crippen LogP contribution in [0.4, 0.5) is 9.59 Å². The number of amides is 6. The van der Waals surface area contributed by atoms with Crippen molar-refractivity contribution in [3.05, 3.63) is 0 Å². The maximum atomic E-state index is 13.4. The van der Waals surface area contributed by atoms with E-state index in [1.54, 1.807) is 0 Å². The number of carbonyl (C=O) groups excluding carboxylic acids is 4. The van der Waals surface area contributed by atoms with Crippen molar-refractivity contribution in [1.82, 2.24) is 24.5 Å². The Morgan fingerprint density at radius 3 is 1.56 bits per heavy atom. The van der Waals surface area contributed by atoms with Crippen molar-refractivity contribution in [3.63, 3.8) is 0 Å². The molecule has 134 valence electrons. The van der Waals surface area contributed by atoms with Gasteiger partial charge in [0.05, 0.1) is 0 Å². The second-order valence-electron chi connectivity index (χ2n) is 6.66. The lowest BCUT2D eigenvalue weighted by Crippen LogP contribution is -2.73. The van der Waals surface area contributed by atoms with Crippen LogP contribution in [0.15, 0.2) is 0 Å². The van der Waals surface area contributed by atoms with Crippen molar-refractivity contribution in [1.29, 1.82) is 0 Å². The number of urea groups is 2. The highest BCUT2D eigenvalue weighted by molar-refractivity contribution is 6.22. The van der Waals surface area contributed by atoms with E-state index in [0.29, 0.717) is 6.42 Å². The molecule has 0 aromatic carbocycles.